The molecule has 4 nitrogen and oxygen atoms in total. The zero-order valence-electron chi connectivity index (χ0n) is 13.1. The molecular weight excluding hydrogens is 263 g/mol. The second-order valence-corrected chi connectivity index (χ2v) is 6.91. The van der Waals surface area contributed by atoms with Gasteiger partial charge in [-0.2, -0.15) is 5.26 Å². The van der Waals surface area contributed by atoms with E-state index in [-0.39, 0.29) is 24.2 Å². The third-order valence-electron chi connectivity index (χ3n) is 4.82. The third-order valence-corrected chi connectivity index (χ3v) is 4.82. The van der Waals surface area contributed by atoms with Crippen LogP contribution in [0.5, 0.6) is 0 Å². The van der Waals surface area contributed by atoms with Crippen molar-refractivity contribution < 1.29 is 9.31 Å². The molecule has 2 heterocycles. The van der Waals surface area contributed by atoms with Crippen LogP contribution in [0.2, 0.25) is 0 Å². The summed E-state index contributed by atoms with van der Waals surface area (Å²) in [5.41, 5.74) is 1.52. The summed E-state index contributed by atoms with van der Waals surface area (Å²) in [6.45, 7) is 9.85. The molecule has 0 amide bonds. The summed E-state index contributed by atoms with van der Waals surface area (Å²) in [5, 5.41) is 8.88. The van der Waals surface area contributed by atoms with E-state index in [1.165, 1.54) is 0 Å². The molecule has 3 rings (SSSR count). The monoisotopic (exact) mass is 284 g/mol. The Morgan fingerprint density at radius 3 is 2.38 bits per heavy atom. The maximum absolute atomic E-state index is 8.88. The number of hydrogen-bond donors (Lipinski definition) is 0. The number of rotatable bonds is 2. The van der Waals surface area contributed by atoms with E-state index < -0.39 is 0 Å². The molecule has 0 spiro atoms. The zero-order valence-corrected chi connectivity index (χ0v) is 13.1. The Morgan fingerprint density at radius 1 is 1.19 bits per heavy atom. The van der Waals surface area contributed by atoms with E-state index in [0.717, 1.165) is 24.2 Å². The van der Waals surface area contributed by atoms with E-state index in [1.807, 2.05) is 12.1 Å². The van der Waals surface area contributed by atoms with Gasteiger partial charge < -0.3 is 14.2 Å². The first kappa shape index (κ1) is 14.4. The van der Waals surface area contributed by atoms with Gasteiger partial charge in [0.2, 0.25) is 0 Å². The van der Waals surface area contributed by atoms with E-state index in [1.54, 1.807) is 0 Å². The Labute approximate surface area is 126 Å². The normalized spacial score (nSPS) is 23.8. The molecule has 0 saturated carbocycles. The number of nitrogens with zero attached hydrogens (tertiary/aromatic N) is 2. The molecule has 2 aliphatic rings. The van der Waals surface area contributed by atoms with Crippen LogP contribution in [0.1, 0.15) is 27.7 Å². The van der Waals surface area contributed by atoms with Crippen LogP contribution in [0.3, 0.4) is 0 Å². The predicted molar refractivity (Wildman–Crippen MR) is 83.5 cm³/mol. The van der Waals surface area contributed by atoms with Gasteiger partial charge >= 0.3 is 7.12 Å². The molecule has 110 valence electrons. The van der Waals surface area contributed by atoms with Crippen molar-refractivity contribution in [3.8, 4) is 6.07 Å². The Hall–Kier alpha value is -1.51. The van der Waals surface area contributed by atoms with Gasteiger partial charge in [-0.15, -0.1) is 0 Å². The average Bonchev–Trinajstić information content (AvgIpc) is 2.58. The van der Waals surface area contributed by atoms with Crippen LogP contribution in [0.4, 0.5) is 5.69 Å². The maximum Gasteiger partial charge on any atom is 0.494 e. The zero-order chi connectivity index (χ0) is 15.3. The first-order valence-corrected chi connectivity index (χ1v) is 7.42. The predicted octanol–water partition coefficient (Wildman–Crippen LogP) is 1.95. The number of anilines is 1. The number of nitriles is 1. The summed E-state index contributed by atoms with van der Waals surface area (Å²) < 4.78 is 12.2. The van der Waals surface area contributed by atoms with Crippen molar-refractivity contribution in [1.82, 2.24) is 0 Å². The molecule has 1 aromatic carbocycles. The summed E-state index contributed by atoms with van der Waals surface area (Å²) in [4.78, 5) is 2.21. The second kappa shape index (κ2) is 4.76. The van der Waals surface area contributed by atoms with Crippen LogP contribution in [0.25, 0.3) is 0 Å². The van der Waals surface area contributed by atoms with E-state index in [2.05, 4.69) is 50.8 Å². The molecule has 0 unspecified atom stereocenters. The van der Waals surface area contributed by atoms with Gasteiger partial charge in [-0.1, -0.05) is 12.1 Å². The molecule has 0 N–H and O–H groups in total. The van der Waals surface area contributed by atoms with E-state index in [4.69, 9.17) is 14.6 Å². The van der Waals surface area contributed by atoms with Crippen LogP contribution in [0, 0.1) is 17.2 Å². The highest BCUT2D eigenvalue weighted by molar-refractivity contribution is 6.62. The lowest BCUT2D eigenvalue weighted by atomic mass is 9.78. The SMILES string of the molecule is CC1(C)OB(c2cccc(N3CC(C#N)C3)c2)OC1(C)C. The highest BCUT2D eigenvalue weighted by Crippen LogP contribution is 2.36. The quantitative estimate of drug-likeness (QED) is 0.779. The molecule has 2 aliphatic heterocycles. The Morgan fingerprint density at radius 2 is 1.81 bits per heavy atom. The van der Waals surface area contributed by atoms with Crippen LogP contribution >= 0.6 is 0 Å². The first-order chi connectivity index (χ1) is 9.82. The molecule has 2 fully saturated rings. The van der Waals surface area contributed by atoms with E-state index in [0.29, 0.717) is 0 Å². The maximum atomic E-state index is 8.88. The second-order valence-electron chi connectivity index (χ2n) is 6.91. The van der Waals surface area contributed by atoms with E-state index in [9.17, 15) is 0 Å². The standard InChI is InChI=1S/C16H21BN2O2/c1-15(2)16(3,4)21-17(20-15)13-6-5-7-14(8-13)19-10-12(9-18)11-19/h5-8,12H,10-11H2,1-4H3. The van der Waals surface area contributed by atoms with Crippen molar-refractivity contribution in [2.45, 2.75) is 38.9 Å². The Balaban J connectivity index is 1.78. The van der Waals surface area contributed by atoms with Crippen LogP contribution in [-0.4, -0.2) is 31.4 Å². The lowest BCUT2D eigenvalue weighted by Crippen LogP contribution is -2.46. The van der Waals surface area contributed by atoms with Gasteiger partial charge in [-0.3, -0.25) is 0 Å². The molecule has 0 bridgehead atoms. The van der Waals surface area contributed by atoms with Crippen molar-refractivity contribution in [2.24, 2.45) is 5.92 Å². The highest BCUT2D eigenvalue weighted by Gasteiger charge is 2.51. The molecule has 1 aromatic rings. The van der Waals surface area contributed by atoms with Crippen LogP contribution in [-0.2, 0) is 9.31 Å². The molecule has 0 atom stereocenters. The minimum atomic E-state index is -0.331. The Kier molecular flexibility index (Phi) is 3.27. The van der Waals surface area contributed by atoms with E-state index >= 15 is 0 Å². The molecule has 5 heteroatoms. The summed E-state index contributed by atoms with van der Waals surface area (Å²) >= 11 is 0. The average molecular weight is 284 g/mol. The summed E-state index contributed by atoms with van der Waals surface area (Å²) in [5.74, 6) is 0.158. The fraction of sp³-hybridized carbons (Fsp3) is 0.562. The van der Waals surface area contributed by atoms with Gasteiger partial charge in [0.15, 0.2) is 0 Å². The molecule has 0 aromatic heterocycles. The summed E-state index contributed by atoms with van der Waals surface area (Å²) in [6, 6.07) is 10.5. The minimum absolute atomic E-state index is 0.158. The molecule has 2 saturated heterocycles. The largest absolute Gasteiger partial charge is 0.494 e. The number of hydrogen-bond acceptors (Lipinski definition) is 4. The topological polar surface area (TPSA) is 45.5 Å². The highest BCUT2D eigenvalue weighted by atomic mass is 16.7. The summed E-state index contributed by atoms with van der Waals surface area (Å²) in [6.07, 6.45) is 0. The molecular formula is C16H21BN2O2. The lowest BCUT2D eigenvalue weighted by molar-refractivity contribution is 0.00578. The molecule has 0 aliphatic carbocycles. The number of benzene rings is 1. The fourth-order valence-corrected chi connectivity index (χ4v) is 2.62. The first-order valence-electron chi connectivity index (χ1n) is 7.42. The van der Waals surface area contributed by atoms with Gasteiger partial charge in [0.05, 0.1) is 23.2 Å². The minimum Gasteiger partial charge on any atom is -0.399 e. The van der Waals surface area contributed by atoms with Crippen molar-refractivity contribution in [1.29, 1.82) is 5.26 Å². The fourth-order valence-electron chi connectivity index (χ4n) is 2.62. The lowest BCUT2D eigenvalue weighted by Gasteiger charge is -2.37. The van der Waals surface area contributed by atoms with Crippen molar-refractivity contribution in [2.75, 3.05) is 18.0 Å². The van der Waals surface area contributed by atoms with Crippen LogP contribution in [0.15, 0.2) is 24.3 Å². The van der Waals surface area contributed by atoms with Gasteiger partial charge in [0, 0.05) is 18.8 Å². The van der Waals surface area contributed by atoms with Gasteiger partial charge in [-0.05, 0) is 45.3 Å². The molecule has 0 radical (unpaired) electrons. The van der Waals surface area contributed by atoms with Crippen molar-refractivity contribution in [3.05, 3.63) is 24.3 Å². The van der Waals surface area contributed by atoms with Crippen molar-refractivity contribution >= 4 is 18.3 Å². The smallest absolute Gasteiger partial charge is 0.399 e. The third kappa shape index (κ3) is 2.43. The Bertz CT molecular complexity index is 572. The summed E-state index contributed by atoms with van der Waals surface area (Å²) in [7, 11) is -0.331. The van der Waals surface area contributed by atoms with Gasteiger partial charge in [0.1, 0.15) is 0 Å². The van der Waals surface area contributed by atoms with Gasteiger partial charge in [0.25, 0.3) is 0 Å². The van der Waals surface area contributed by atoms with Crippen LogP contribution < -0.4 is 10.4 Å². The molecule has 21 heavy (non-hydrogen) atoms. The van der Waals surface area contributed by atoms with Gasteiger partial charge in [-0.25, -0.2) is 0 Å². The van der Waals surface area contributed by atoms with Crippen molar-refractivity contribution in [3.63, 3.8) is 0 Å².